The van der Waals surface area contributed by atoms with Gasteiger partial charge in [0.15, 0.2) is 0 Å². The lowest BCUT2D eigenvalue weighted by Crippen LogP contribution is -2.21. The quantitative estimate of drug-likeness (QED) is 0.760. The van der Waals surface area contributed by atoms with Gasteiger partial charge in [0.1, 0.15) is 25.3 Å². The van der Waals surface area contributed by atoms with Crippen LogP contribution in [0, 0.1) is 5.82 Å². The highest BCUT2D eigenvalue weighted by Gasteiger charge is 2.16. The molecule has 3 N–H and O–H groups in total. The molecule has 1 amide bonds. The van der Waals surface area contributed by atoms with Gasteiger partial charge in [0.05, 0.1) is 11.4 Å². The van der Waals surface area contributed by atoms with E-state index in [4.69, 9.17) is 15.2 Å². The number of carbonyl (C=O) groups is 1. The maximum atomic E-state index is 13.0. The molecule has 1 aromatic carbocycles. The first-order chi connectivity index (χ1) is 8.16. The number of halogens is 1. The number of carbonyl (C=O) groups excluding carboxylic acids is 1. The summed E-state index contributed by atoms with van der Waals surface area (Å²) in [6.07, 6.45) is 1.22. The highest BCUT2D eigenvalue weighted by atomic mass is 19.1. The lowest BCUT2D eigenvalue weighted by molar-refractivity contribution is -0.117. The smallest absolute Gasteiger partial charge is 0.294 e. The zero-order chi connectivity index (χ0) is 12.3. The van der Waals surface area contributed by atoms with E-state index in [2.05, 4.69) is 5.32 Å². The molecule has 1 aliphatic rings. The molecule has 0 radical (unpaired) electrons. The molecule has 1 heterocycles. The Morgan fingerprint density at radius 3 is 2.94 bits per heavy atom. The van der Waals surface area contributed by atoms with Gasteiger partial charge in [-0.15, -0.1) is 0 Å². The predicted octanol–water partition coefficient (Wildman–Crippen LogP) is 1.23. The van der Waals surface area contributed by atoms with Crippen molar-refractivity contribution >= 4 is 17.3 Å². The zero-order valence-corrected chi connectivity index (χ0v) is 8.90. The van der Waals surface area contributed by atoms with E-state index in [1.54, 1.807) is 0 Å². The summed E-state index contributed by atoms with van der Waals surface area (Å²) in [5.74, 6) is -0.966. The number of anilines is 2. The van der Waals surface area contributed by atoms with Crippen molar-refractivity contribution in [2.45, 2.75) is 0 Å². The Morgan fingerprint density at radius 1 is 1.41 bits per heavy atom. The van der Waals surface area contributed by atoms with Crippen molar-refractivity contribution < 1.29 is 18.7 Å². The second-order valence-electron chi connectivity index (χ2n) is 3.39. The fraction of sp³-hybridized carbons (Fsp3) is 0.182. The van der Waals surface area contributed by atoms with Crippen molar-refractivity contribution in [1.29, 1.82) is 0 Å². The summed E-state index contributed by atoms with van der Waals surface area (Å²) in [5.41, 5.74) is 6.07. The summed E-state index contributed by atoms with van der Waals surface area (Å²) in [6.45, 7) is 0.705. The van der Waals surface area contributed by atoms with Gasteiger partial charge in [0.25, 0.3) is 5.91 Å². The first-order valence-corrected chi connectivity index (χ1v) is 4.98. The third-order valence-electron chi connectivity index (χ3n) is 2.14. The first kappa shape index (κ1) is 11.3. The second-order valence-corrected chi connectivity index (χ2v) is 3.39. The van der Waals surface area contributed by atoms with Gasteiger partial charge in [0.2, 0.25) is 5.76 Å². The number of nitrogens with one attached hydrogen (secondary N) is 1. The molecule has 5 nitrogen and oxygen atoms in total. The van der Waals surface area contributed by atoms with Crippen LogP contribution < -0.4 is 11.1 Å². The summed E-state index contributed by atoms with van der Waals surface area (Å²) in [4.78, 5) is 11.7. The van der Waals surface area contributed by atoms with Gasteiger partial charge < -0.3 is 20.5 Å². The molecule has 0 fully saturated rings. The Labute approximate surface area is 97.0 Å². The fourth-order valence-electron chi connectivity index (χ4n) is 1.31. The van der Waals surface area contributed by atoms with Crippen molar-refractivity contribution in [3.63, 3.8) is 0 Å². The van der Waals surface area contributed by atoms with Gasteiger partial charge in [-0.05, 0) is 18.2 Å². The topological polar surface area (TPSA) is 73.6 Å². The number of hydrogen-bond donors (Lipinski definition) is 2. The van der Waals surface area contributed by atoms with Gasteiger partial charge in [-0.25, -0.2) is 4.39 Å². The van der Waals surface area contributed by atoms with E-state index in [0.29, 0.717) is 13.2 Å². The SMILES string of the molecule is Nc1ccc(F)cc1NC(=O)C1=COCCO1. The number of ether oxygens (including phenoxy) is 2. The molecular formula is C11H11FN2O3. The Hall–Kier alpha value is -2.24. The molecule has 0 unspecified atom stereocenters. The van der Waals surface area contributed by atoms with Crippen LogP contribution in [0.5, 0.6) is 0 Å². The van der Waals surface area contributed by atoms with Crippen molar-refractivity contribution in [3.8, 4) is 0 Å². The number of amides is 1. The van der Waals surface area contributed by atoms with Crippen LogP contribution in [0.2, 0.25) is 0 Å². The Kier molecular flexibility index (Phi) is 3.13. The zero-order valence-electron chi connectivity index (χ0n) is 8.90. The Morgan fingerprint density at radius 2 is 2.24 bits per heavy atom. The van der Waals surface area contributed by atoms with Crippen molar-refractivity contribution in [3.05, 3.63) is 36.0 Å². The average Bonchev–Trinajstić information content (AvgIpc) is 2.35. The van der Waals surface area contributed by atoms with Crippen LogP contribution in [0.15, 0.2) is 30.2 Å². The lowest BCUT2D eigenvalue weighted by Gasteiger charge is -2.15. The van der Waals surface area contributed by atoms with Crippen molar-refractivity contribution in [1.82, 2.24) is 0 Å². The monoisotopic (exact) mass is 238 g/mol. The molecular weight excluding hydrogens is 227 g/mol. The summed E-state index contributed by atoms with van der Waals surface area (Å²) >= 11 is 0. The molecule has 0 saturated heterocycles. The summed E-state index contributed by atoms with van der Waals surface area (Å²) < 4.78 is 23.0. The normalized spacial score (nSPS) is 14.3. The molecule has 90 valence electrons. The van der Waals surface area contributed by atoms with Gasteiger partial charge in [0, 0.05) is 0 Å². The number of hydrogen-bond acceptors (Lipinski definition) is 4. The van der Waals surface area contributed by atoms with Crippen LogP contribution in [0.1, 0.15) is 0 Å². The summed E-state index contributed by atoms with van der Waals surface area (Å²) in [6, 6.07) is 3.72. The van der Waals surface area contributed by atoms with Gasteiger partial charge >= 0.3 is 0 Å². The van der Waals surface area contributed by atoms with E-state index < -0.39 is 11.7 Å². The molecule has 0 aromatic heterocycles. The van der Waals surface area contributed by atoms with Crippen LogP contribution in [0.25, 0.3) is 0 Å². The van der Waals surface area contributed by atoms with E-state index in [-0.39, 0.29) is 17.1 Å². The van der Waals surface area contributed by atoms with Gasteiger partial charge in [-0.3, -0.25) is 4.79 Å². The maximum Gasteiger partial charge on any atom is 0.294 e. The standard InChI is InChI=1S/C11H11FN2O3/c12-7-1-2-8(13)9(5-7)14-11(15)10-6-16-3-4-17-10/h1-2,5-6H,3-4,13H2,(H,14,15). The molecule has 6 heteroatoms. The molecule has 0 spiro atoms. The molecule has 0 saturated carbocycles. The van der Waals surface area contributed by atoms with Gasteiger partial charge in [-0.2, -0.15) is 0 Å². The van der Waals surface area contributed by atoms with Gasteiger partial charge in [-0.1, -0.05) is 0 Å². The maximum absolute atomic E-state index is 13.0. The van der Waals surface area contributed by atoms with E-state index in [1.165, 1.54) is 18.4 Å². The molecule has 1 aromatic rings. The minimum absolute atomic E-state index is 0.0416. The highest BCUT2D eigenvalue weighted by molar-refractivity contribution is 6.03. The fourth-order valence-corrected chi connectivity index (χ4v) is 1.31. The molecule has 0 aliphatic carbocycles. The minimum atomic E-state index is -0.526. The van der Waals surface area contributed by atoms with E-state index in [9.17, 15) is 9.18 Å². The van der Waals surface area contributed by atoms with Crippen LogP contribution >= 0.6 is 0 Å². The second kappa shape index (κ2) is 4.73. The predicted molar refractivity (Wildman–Crippen MR) is 59.4 cm³/mol. The van der Waals surface area contributed by atoms with E-state index in [0.717, 1.165) is 6.07 Å². The molecule has 0 bridgehead atoms. The Balaban J connectivity index is 2.12. The van der Waals surface area contributed by atoms with E-state index in [1.807, 2.05) is 0 Å². The molecule has 1 aliphatic heterocycles. The van der Waals surface area contributed by atoms with Crippen LogP contribution in [0.4, 0.5) is 15.8 Å². The molecule has 0 atom stereocenters. The highest BCUT2D eigenvalue weighted by Crippen LogP contribution is 2.20. The molecule has 2 rings (SSSR count). The average molecular weight is 238 g/mol. The third kappa shape index (κ3) is 2.66. The van der Waals surface area contributed by atoms with Crippen molar-refractivity contribution in [2.75, 3.05) is 24.3 Å². The van der Waals surface area contributed by atoms with Crippen molar-refractivity contribution in [2.24, 2.45) is 0 Å². The van der Waals surface area contributed by atoms with E-state index >= 15 is 0 Å². The third-order valence-corrected chi connectivity index (χ3v) is 2.14. The molecule has 17 heavy (non-hydrogen) atoms. The minimum Gasteiger partial charge on any atom is -0.494 e. The van der Waals surface area contributed by atoms with Crippen LogP contribution in [-0.2, 0) is 14.3 Å². The number of nitrogens with two attached hydrogens (primary N) is 1. The Bertz CT molecular complexity index is 474. The number of nitrogen functional groups attached to an aromatic ring is 1. The van der Waals surface area contributed by atoms with Crippen LogP contribution in [-0.4, -0.2) is 19.1 Å². The largest absolute Gasteiger partial charge is 0.494 e. The lowest BCUT2D eigenvalue weighted by atomic mass is 10.2. The summed E-state index contributed by atoms with van der Waals surface area (Å²) in [5, 5.41) is 2.44. The number of rotatable bonds is 2. The van der Waals surface area contributed by atoms with Crippen LogP contribution in [0.3, 0.4) is 0 Å². The number of benzene rings is 1. The summed E-state index contributed by atoms with van der Waals surface area (Å²) in [7, 11) is 0. The first-order valence-electron chi connectivity index (χ1n) is 4.98.